The maximum atomic E-state index is 9.65. The van der Waals surface area contributed by atoms with E-state index in [9.17, 15) is 5.11 Å². The van der Waals surface area contributed by atoms with Crippen LogP contribution in [0.4, 0.5) is 0 Å². The van der Waals surface area contributed by atoms with Gasteiger partial charge in [-0.15, -0.1) is 6.42 Å². The number of hydrogen-bond acceptors (Lipinski definition) is 1. The van der Waals surface area contributed by atoms with Crippen molar-refractivity contribution < 1.29 is 5.11 Å². The largest absolute Gasteiger partial charge is 0.396 e. The van der Waals surface area contributed by atoms with Gasteiger partial charge in [0.05, 0.1) is 5.92 Å². The highest BCUT2D eigenvalue weighted by Crippen LogP contribution is 2.26. The number of aliphatic hydroxyl groups is 1. The van der Waals surface area contributed by atoms with Gasteiger partial charge in [0.15, 0.2) is 0 Å². The Morgan fingerprint density at radius 2 is 1.53 bits per heavy atom. The minimum Gasteiger partial charge on any atom is -0.396 e. The summed E-state index contributed by atoms with van der Waals surface area (Å²) >= 11 is 0. The predicted octanol–water partition coefficient (Wildman–Crippen LogP) is 3.25. The Morgan fingerprint density at radius 3 is 2.05 bits per heavy atom. The van der Waals surface area contributed by atoms with Gasteiger partial charge >= 0.3 is 0 Å². The van der Waals surface area contributed by atoms with Crippen molar-refractivity contribution in [1.29, 1.82) is 0 Å². The average molecular weight is 250 g/mol. The molecule has 0 fully saturated rings. The second-order valence-corrected chi connectivity index (χ2v) is 4.69. The lowest BCUT2D eigenvalue weighted by molar-refractivity contribution is 0.216. The number of hydrogen-bond donors (Lipinski definition) is 1. The summed E-state index contributed by atoms with van der Waals surface area (Å²) in [5.74, 6) is 2.83. The van der Waals surface area contributed by atoms with Gasteiger partial charge in [-0.25, -0.2) is 0 Å². The molecule has 1 nitrogen and oxygen atoms in total. The molecule has 0 aromatic heterocycles. The molecule has 0 aliphatic carbocycles. The summed E-state index contributed by atoms with van der Waals surface area (Å²) in [6, 6.07) is 20.1. The maximum absolute atomic E-state index is 9.65. The van der Waals surface area contributed by atoms with Crippen LogP contribution in [0.1, 0.15) is 17.0 Å². The van der Waals surface area contributed by atoms with E-state index in [1.165, 1.54) is 5.56 Å². The molecule has 2 aromatic rings. The molecule has 0 amide bonds. The molecule has 0 unspecified atom stereocenters. The van der Waals surface area contributed by atoms with Gasteiger partial charge < -0.3 is 5.11 Å². The van der Waals surface area contributed by atoms with E-state index < -0.39 is 0 Å². The molecule has 19 heavy (non-hydrogen) atoms. The van der Waals surface area contributed by atoms with Crippen LogP contribution in [0.5, 0.6) is 0 Å². The Balaban J connectivity index is 2.18. The van der Waals surface area contributed by atoms with E-state index in [4.69, 9.17) is 6.42 Å². The fourth-order valence-corrected chi connectivity index (χ4v) is 2.37. The molecule has 1 N–H and O–H groups in total. The maximum Gasteiger partial charge on any atom is 0.0502 e. The Hall–Kier alpha value is -2.04. The Bertz CT molecular complexity index is 525. The number of benzene rings is 2. The van der Waals surface area contributed by atoms with E-state index in [1.807, 2.05) is 48.5 Å². The second-order valence-electron chi connectivity index (χ2n) is 4.69. The van der Waals surface area contributed by atoms with Gasteiger partial charge in [0.25, 0.3) is 0 Å². The van der Waals surface area contributed by atoms with Gasteiger partial charge in [-0.3, -0.25) is 0 Å². The Morgan fingerprint density at radius 1 is 0.947 bits per heavy atom. The van der Waals surface area contributed by atoms with E-state index in [2.05, 4.69) is 18.1 Å². The monoisotopic (exact) mass is 250 g/mol. The average Bonchev–Trinajstić information content (AvgIpc) is 2.49. The van der Waals surface area contributed by atoms with Gasteiger partial charge in [-0.1, -0.05) is 66.6 Å². The summed E-state index contributed by atoms with van der Waals surface area (Å²) in [6.07, 6.45) is 6.47. The first kappa shape index (κ1) is 13.4. The van der Waals surface area contributed by atoms with Crippen LogP contribution in [0.2, 0.25) is 0 Å². The third kappa shape index (κ3) is 3.47. The molecular weight excluding hydrogens is 232 g/mol. The highest BCUT2D eigenvalue weighted by molar-refractivity contribution is 5.28. The van der Waals surface area contributed by atoms with Crippen LogP contribution < -0.4 is 0 Å². The third-order valence-electron chi connectivity index (χ3n) is 3.38. The molecule has 2 aromatic carbocycles. The van der Waals surface area contributed by atoms with Crippen molar-refractivity contribution in [3.63, 3.8) is 0 Å². The highest BCUT2D eigenvalue weighted by atomic mass is 16.3. The number of terminal acetylenes is 1. The second kappa shape index (κ2) is 6.78. The van der Waals surface area contributed by atoms with Crippen molar-refractivity contribution in [3.8, 4) is 12.3 Å². The summed E-state index contributed by atoms with van der Waals surface area (Å²) in [7, 11) is 0. The van der Waals surface area contributed by atoms with Gasteiger partial charge in [-0.2, -0.15) is 0 Å². The molecular formula is C18H18O. The fraction of sp³-hybridized carbons (Fsp3) is 0.222. The van der Waals surface area contributed by atoms with E-state index in [0.717, 1.165) is 12.0 Å². The number of rotatable bonds is 5. The van der Waals surface area contributed by atoms with Crippen molar-refractivity contribution in [1.82, 2.24) is 0 Å². The van der Waals surface area contributed by atoms with Crippen LogP contribution in [0.3, 0.4) is 0 Å². The molecule has 0 aliphatic heterocycles. The van der Waals surface area contributed by atoms with Crippen LogP contribution in [-0.4, -0.2) is 11.7 Å². The van der Waals surface area contributed by atoms with E-state index in [1.54, 1.807) is 0 Å². The summed E-state index contributed by atoms with van der Waals surface area (Å²) < 4.78 is 0. The molecule has 2 atom stereocenters. The van der Waals surface area contributed by atoms with Crippen LogP contribution in [-0.2, 0) is 6.42 Å². The zero-order valence-electron chi connectivity index (χ0n) is 10.9. The smallest absolute Gasteiger partial charge is 0.0502 e. The SMILES string of the molecule is C#C[C@@H](c1ccccc1)[C@H](CO)Cc1ccccc1. The van der Waals surface area contributed by atoms with Crippen LogP contribution in [0, 0.1) is 18.3 Å². The van der Waals surface area contributed by atoms with Gasteiger partial charge in [-0.05, 0) is 17.5 Å². The van der Waals surface area contributed by atoms with Crippen LogP contribution in [0.25, 0.3) is 0 Å². The minimum atomic E-state index is -0.0496. The van der Waals surface area contributed by atoms with Gasteiger partial charge in [0.1, 0.15) is 0 Å². The first-order valence-corrected chi connectivity index (χ1v) is 6.51. The molecule has 2 rings (SSSR count). The Labute approximate surface area is 114 Å². The van der Waals surface area contributed by atoms with Crippen LogP contribution in [0.15, 0.2) is 60.7 Å². The lowest BCUT2D eigenvalue weighted by Crippen LogP contribution is -2.18. The zero-order valence-corrected chi connectivity index (χ0v) is 10.9. The van der Waals surface area contributed by atoms with Crippen molar-refractivity contribution in [2.45, 2.75) is 12.3 Å². The number of aliphatic hydroxyl groups excluding tert-OH is 1. The van der Waals surface area contributed by atoms with E-state index >= 15 is 0 Å². The van der Waals surface area contributed by atoms with Crippen molar-refractivity contribution >= 4 is 0 Å². The topological polar surface area (TPSA) is 20.2 Å². The first-order valence-electron chi connectivity index (χ1n) is 6.51. The molecule has 96 valence electrons. The first-order chi connectivity index (χ1) is 9.35. The molecule has 1 heteroatoms. The standard InChI is InChI=1S/C18H18O/c1-2-18(16-11-7-4-8-12-16)17(14-19)13-15-9-5-3-6-10-15/h1,3-12,17-19H,13-14H2/t17-,18-/m0/s1. The molecule has 0 saturated carbocycles. The molecule has 0 saturated heterocycles. The van der Waals surface area contributed by atoms with E-state index in [-0.39, 0.29) is 18.4 Å². The molecule has 0 radical (unpaired) electrons. The molecule has 0 spiro atoms. The van der Waals surface area contributed by atoms with Gasteiger partial charge in [0.2, 0.25) is 0 Å². The van der Waals surface area contributed by atoms with E-state index in [0.29, 0.717) is 0 Å². The summed E-state index contributed by atoms with van der Waals surface area (Å²) in [5.41, 5.74) is 2.30. The lowest BCUT2D eigenvalue weighted by Gasteiger charge is -2.21. The third-order valence-corrected chi connectivity index (χ3v) is 3.38. The zero-order chi connectivity index (χ0) is 13.5. The summed E-state index contributed by atoms with van der Waals surface area (Å²) in [5, 5.41) is 9.65. The summed E-state index contributed by atoms with van der Waals surface area (Å²) in [6.45, 7) is 0.0959. The van der Waals surface area contributed by atoms with Gasteiger partial charge in [0, 0.05) is 12.5 Å². The predicted molar refractivity (Wildman–Crippen MR) is 78.7 cm³/mol. The lowest BCUT2D eigenvalue weighted by atomic mass is 9.83. The summed E-state index contributed by atoms with van der Waals surface area (Å²) in [4.78, 5) is 0. The molecule has 0 heterocycles. The highest BCUT2D eigenvalue weighted by Gasteiger charge is 2.20. The Kier molecular flexibility index (Phi) is 4.78. The quantitative estimate of drug-likeness (QED) is 0.808. The van der Waals surface area contributed by atoms with Crippen molar-refractivity contribution in [2.75, 3.05) is 6.61 Å². The molecule has 0 bridgehead atoms. The fourth-order valence-electron chi connectivity index (χ4n) is 2.37. The van der Waals surface area contributed by atoms with Crippen LogP contribution >= 0.6 is 0 Å². The van der Waals surface area contributed by atoms with Crippen molar-refractivity contribution in [3.05, 3.63) is 71.8 Å². The molecule has 0 aliphatic rings. The normalized spacial score (nSPS) is 13.5. The van der Waals surface area contributed by atoms with Crippen molar-refractivity contribution in [2.24, 2.45) is 5.92 Å². The minimum absolute atomic E-state index is 0.0496.